The zero-order valence-electron chi connectivity index (χ0n) is 10.7. The molecule has 0 N–H and O–H groups in total. The van der Waals surface area contributed by atoms with E-state index in [0.29, 0.717) is 9.77 Å². The van der Waals surface area contributed by atoms with Crippen LogP contribution in [0.3, 0.4) is 0 Å². The molecule has 7 heteroatoms. The number of alkyl halides is 1. The summed E-state index contributed by atoms with van der Waals surface area (Å²) in [7, 11) is -1.78. The number of hydrogen-bond acceptors (Lipinski definition) is 4. The van der Waals surface area contributed by atoms with Crippen molar-refractivity contribution >= 4 is 44.7 Å². The first-order chi connectivity index (χ1) is 8.48. The highest BCUT2D eigenvalue weighted by Crippen LogP contribution is 2.27. The van der Waals surface area contributed by atoms with Crippen molar-refractivity contribution < 1.29 is 8.42 Å². The van der Waals surface area contributed by atoms with Crippen LogP contribution < -0.4 is 0 Å². The minimum absolute atomic E-state index is 0.0214. The second-order valence-electron chi connectivity index (χ2n) is 3.88. The summed E-state index contributed by atoms with van der Waals surface area (Å²) in [6.45, 7) is 2.00. The molecule has 0 aromatic carbocycles. The van der Waals surface area contributed by atoms with Crippen molar-refractivity contribution in [3.63, 3.8) is 0 Å². The van der Waals surface area contributed by atoms with Crippen LogP contribution in [0.15, 0.2) is 16.3 Å². The van der Waals surface area contributed by atoms with Gasteiger partial charge in [-0.2, -0.15) is 16.1 Å². The fourth-order valence-corrected chi connectivity index (χ4v) is 5.72. The lowest BCUT2D eigenvalue weighted by atomic mass is 10.3. The van der Waals surface area contributed by atoms with Crippen LogP contribution in [-0.4, -0.2) is 37.8 Å². The van der Waals surface area contributed by atoms with Gasteiger partial charge in [-0.25, -0.2) is 8.42 Å². The Morgan fingerprint density at radius 1 is 1.56 bits per heavy atom. The van der Waals surface area contributed by atoms with Gasteiger partial charge >= 0.3 is 0 Å². The maximum Gasteiger partial charge on any atom is 0.244 e. The Morgan fingerprint density at radius 3 is 2.72 bits per heavy atom. The monoisotopic (exact) mass is 327 g/mol. The molecule has 1 rings (SSSR count). The molecule has 0 radical (unpaired) electrons. The molecule has 0 bridgehead atoms. The van der Waals surface area contributed by atoms with E-state index in [1.807, 2.05) is 13.2 Å². The normalized spacial score (nSPS) is 14.1. The maximum atomic E-state index is 12.5. The van der Waals surface area contributed by atoms with Crippen LogP contribution in [0, 0.1) is 0 Å². The highest BCUT2D eigenvalue weighted by molar-refractivity contribution is 7.98. The third-order valence-electron chi connectivity index (χ3n) is 2.83. The average molecular weight is 328 g/mol. The third kappa shape index (κ3) is 3.42. The van der Waals surface area contributed by atoms with Crippen molar-refractivity contribution in [2.45, 2.75) is 30.2 Å². The van der Waals surface area contributed by atoms with Gasteiger partial charge in [0, 0.05) is 23.7 Å². The zero-order chi connectivity index (χ0) is 13.8. The topological polar surface area (TPSA) is 37.4 Å². The van der Waals surface area contributed by atoms with Crippen LogP contribution in [0.2, 0.25) is 0 Å². The Labute approximate surface area is 123 Å². The van der Waals surface area contributed by atoms with Gasteiger partial charge in [0.1, 0.15) is 0 Å². The Balaban J connectivity index is 3.06. The Morgan fingerprint density at radius 2 is 2.22 bits per heavy atom. The predicted molar refractivity (Wildman–Crippen MR) is 81.3 cm³/mol. The third-order valence-corrected chi connectivity index (χ3v) is 7.02. The fourth-order valence-electron chi connectivity index (χ4n) is 1.68. The number of nitrogens with zero attached hydrogens (tertiary/aromatic N) is 1. The van der Waals surface area contributed by atoms with Crippen LogP contribution >= 0.6 is 34.7 Å². The summed E-state index contributed by atoms with van der Waals surface area (Å²) in [5, 5.41) is 1.77. The molecule has 18 heavy (non-hydrogen) atoms. The molecule has 0 fully saturated rings. The molecule has 0 amide bonds. The van der Waals surface area contributed by atoms with E-state index < -0.39 is 10.0 Å². The van der Waals surface area contributed by atoms with Gasteiger partial charge in [-0.1, -0.05) is 6.92 Å². The average Bonchev–Trinajstić information content (AvgIpc) is 2.84. The molecule has 3 nitrogen and oxygen atoms in total. The Kier molecular flexibility index (Phi) is 6.47. The van der Waals surface area contributed by atoms with Crippen LogP contribution in [0.5, 0.6) is 0 Å². The molecule has 0 spiro atoms. The lowest BCUT2D eigenvalue weighted by Gasteiger charge is -2.26. The molecule has 1 atom stereocenters. The number of thioether (sulfide) groups is 1. The molecular weight excluding hydrogens is 310 g/mol. The van der Waals surface area contributed by atoms with E-state index in [-0.39, 0.29) is 11.9 Å². The van der Waals surface area contributed by atoms with E-state index in [1.54, 1.807) is 30.3 Å². The van der Waals surface area contributed by atoms with E-state index in [4.69, 9.17) is 11.6 Å². The quantitative estimate of drug-likeness (QED) is 0.721. The number of halogens is 1. The predicted octanol–water partition coefficient (Wildman–Crippen LogP) is 3.25. The Bertz CT molecular complexity index is 472. The van der Waals surface area contributed by atoms with Gasteiger partial charge in [0.25, 0.3) is 0 Å². The van der Waals surface area contributed by atoms with Crippen molar-refractivity contribution in [3.05, 3.63) is 16.3 Å². The van der Waals surface area contributed by atoms with E-state index in [1.165, 1.54) is 15.6 Å². The van der Waals surface area contributed by atoms with Crippen molar-refractivity contribution in [1.29, 1.82) is 0 Å². The summed E-state index contributed by atoms with van der Waals surface area (Å²) in [6, 6.07) is 1.66. The number of thiophene rings is 1. The maximum absolute atomic E-state index is 12.5. The molecule has 0 saturated carbocycles. The van der Waals surface area contributed by atoms with Crippen LogP contribution in [-0.2, 0) is 15.9 Å². The molecule has 0 aliphatic heterocycles. The van der Waals surface area contributed by atoms with Crippen molar-refractivity contribution in [3.8, 4) is 0 Å². The summed E-state index contributed by atoms with van der Waals surface area (Å²) in [4.78, 5) is 1.06. The van der Waals surface area contributed by atoms with Crippen molar-refractivity contribution in [2.75, 3.05) is 19.1 Å². The molecule has 1 aromatic rings. The van der Waals surface area contributed by atoms with Gasteiger partial charge in [-0.3, -0.25) is 0 Å². The van der Waals surface area contributed by atoms with Crippen molar-refractivity contribution in [2.24, 2.45) is 0 Å². The molecule has 1 heterocycles. The lowest BCUT2D eigenvalue weighted by molar-refractivity contribution is 0.385. The van der Waals surface area contributed by atoms with E-state index in [0.717, 1.165) is 12.2 Å². The summed E-state index contributed by atoms with van der Waals surface area (Å²) >= 11 is 8.82. The zero-order valence-corrected chi connectivity index (χ0v) is 13.9. The lowest BCUT2D eigenvalue weighted by Crippen LogP contribution is -2.38. The molecular formula is C11H18ClNO2S3. The first-order valence-electron chi connectivity index (χ1n) is 5.58. The highest BCUT2D eigenvalue weighted by atomic mass is 35.5. The van der Waals surface area contributed by atoms with Gasteiger partial charge in [0.05, 0.1) is 10.8 Å². The van der Waals surface area contributed by atoms with E-state index >= 15 is 0 Å². The summed E-state index contributed by atoms with van der Waals surface area (Å²) in [5.74, 6) is 1.03. The molecule has 104 valence electrons. The summed E-state index contributed by atoms with van der Waals surface area (Å²) < 4.78 is 26.5. The molecule has 0 saturated heterocycles. The minimum Gasteiger partial charge on any atom is -0.207 e. The molecule has 1 unspecified atom stereocenters. The molecule has 0 aliphatic carbocycles. The minimum atomic E-state index is -3.43. The second-order valence-corrected chi connectivity index (χ2v) is 8.02. The van der Waals surface area contributed by atoms with Crippen LogP contribution in [0.4, 0.5) is 0 Å². The SMILES string of the molecule is CCC(CSC)N(C)S(=O)(=O)c1ccsc1CCl. The second kappa shape index (κ2) is 7.14. The summed E-state index contributed by atoms with van der Waals surface area (Å²) in [6.07, 6.45) is 2.79. The van der Waals surface area contributed by atoms with Gasteiger partial charge in [0.15, 0.2) is 0 Å². The van der Waals surface area contributed by atoms with Crippen molar-refractivity contribution in [1.82, 2.24) is 4.31 Å². The number of sulfonamides is 1. The fraction of sp³-hybridized carbons (Fsp3) is 0.636. The first kappa shape index (κ1) is 16.3. The smallest absolute Gasteiger partial charge is 0.207 e. The van der Waals surface area contributed by atoms with E-state index in [2.05, 4.69) is 0 Å². The number of rotatable bonds is 7. The number of hydrogen-bond donors (Lipinski definition) is 0. The summed E-state index contributed by atoms with van der Waals surface area (Å²) in [5.41, 5.74) is 0. The van der Waals surface area contributed by atoms with Gasteiger partial charge in [0.2, 0.25) is 10.0 Å². The van der Waals surface area contributed by atoms with Gasteiger partial charge in [-0.05, 0) is 24.1 Å². The van der Waals surface area contributed by atoms with E-state index in [9.17, 15) is 8.42 Å². The van der Waals surface area contributed by atoms with Crippen LogP contribution in [0.25, 0.3) is 0 Å². The standard InChI is InChI=1S/C11H18ClNO2S3/c1-4-9(8-16-3)13(2)18(14,15)11-5-6-17-10(11)7-12/h5-6,9H,4,7-8H2,1-3H3. The highest BCUT2D eigenvalue weighted by Gasteiger charge is 2.29. The van der Waals surface area contributed by atoms with Gasteiger partial charge in [-0.15, -0.1) is 22.9 Å². The molecule has 0 aliphatic rings. The van der Waals surface area contributed by atoms with Gasteiger partial charge < -0.3 is 0 Å². The molecule has 1 aromatic heterocycles. The van der Waals surface area contributed by atoms with Crippen LogP contribution in [0.1, 0.15) is 18.2 Å². The largest absolute Gasteiger partial charge is 0.244 e. The Hall–Kier alpha value is 0.250. The first-order valence-corrected chi connectivity index (χ1v) is 9.83.